The van der Waals surface area contributed by atoms with E-state index < -0.39 is 0 Å². The molecule has 0 saturated heterocycles. The van der Waals surface area contributed by atoms with Gasteiger partial charge < -0.3 is 10.5 Å². The fraction of sp³-hybridized carbons (Fsp3) is 0.533. The summed E-state index contributed by atoms with van der Waals surface area (Å²) >= 11 is 0. The fourth-order valence-corrected chi connectivity index (χ4v) is 1.60. The first-order valence-corrected chi connectivity index (χ1v) is 6.37. The van der Waals surface area contributed by atoms with Gasteiger partial charge in [-0.25, -0.2) is 0 Å². The lowest BCUT2D eigenvalue weighted by Crippen LogP contribution is -2.32. The molecule has 0 radical (unpaired) electrons. The van der Waals surface area contributed by atoms with E-state index in [1.54, 1.807) is 6.07 Å². The zero-order chi connectivity index (χ0) is 13.8. The summed E-state index contributed by atoms with van der Waals surface area (Å²) in [6, 6.07) is 7.33. The third kappa shape index (κ3) is 5.32. The van der Waals surface area contributed by atoms with Gasteiger partial charge in [-0.05, 0) is 46.2 Å². The second-order valence-electron chi connectivity index (χ2n) is 5.61. The summed E-state index contributed by atoms with van der Waals surface area (Å²) in [5.41, 5.74) is 6.27. The van der Waals surface area contributed by atoms with Crippen LogP contribution in [0.5, 0.6) is 5.75 Å². The third-order valence-corrected chi connectivity index (χ3v) is 2.52. The number of benzene rings is 1. The molecule has 0 saturated carbocycles. The molecule has 0 aromatic heterocycles. The van der Waals surface area contributed by atoms with Crippen LogP contribution in [0.2, 0.25) is 0 Å². The van der Waals surface area contributed by atoms with Crippen molar-refractivity contribution >= 4 is 5.78 Å². The number of ether oxygens (including phenoxy) is 1. The van der Waals surface area contributed by atoms with Crippen LogP contribution in [0.15, 0.2) is 24.3 Å². The van der Waals surface area contributed by atoms with Crippen LogP contribution < -0.4 is 10.5 Å². The molecule has 0 aliphatic heterocycles. The quantitative estimate of drug-likeness (QED) is 0.788. The van der Waals surface area contributed by atoms with E-state index in [2.05, 4.69) is 0 Å². The molecule has 2 N–H and O–H groups in total. The van der Waals surface area contributed by atoms with E-state index in [0.717, 1.165) is 5.75 Å². The number of carbonyl (C=O) groups excluding carboxylic acids is 1. The third-order valence-electron chi connectivity index (χ3n) is 2.52. The van der Waals surface area contributed by atoms with E-state index in [-0.39, 0.29) is 17.4 Å². The Hall–Kier alpha value is -1.35. The maximum Gasteiger partial charge on any atom is 0.163 e. The summed E-state index contributed by atoms with van der Waals surface area (Å²) in [7, 11) is 0. The van der Waals surface area contributed by atoms with Crippen LogP contribution in [0.25, 0.3) is 0 Å². The lowest BCUT2D eigenvalue weighted by atomic mass is 9.96. The first-order chi connectivity index (χ1) is 8.28. The Balaban J connectivity index is 2.68. The van der Waals surface area contributed by atoms with Gasteiger partial charge in [0, 0.05) is 17.5 Å². The average Bonchev–Trinajstić information content (AvgIpc) is 2.24. The molecule has 1 rings (SSSR count). The van der Waals surface area contributed by atoms with Crippen molar-refractivity contribution in [2.75, 3.05) is 0 Å². The number of ketones is 1. The Labute approximate surface area is 109 Å². The van der Waals surface area contributed by atoms with Gasteiger partial charge in [-0.1, -0.05) is 12.1 Å². The van der Waals surface area contributed by atoms with Crippen molar-refractivity contribution in [1.29, 1.82) is 0 Å². The first-order valence-electron chi connectivity index (χ1n) is 6.37. The van der Waals surface area contributed by atoms with Crippen LogP contribution in [-0.4, -0.2) is 17.4 Å². The van der Waals surface area contributed by atoms with E-state index >= 15 is 0 Å². The van der Waals surface area contributed by atoms with Crippen LogP contribution in [0.1, 0.15) is 50.9 Å². The minimum atomic E-state index is -0.304. The van der Waals surface area contributed by atoms with Crippen molar-refractivity contribution in [3.05, 3.63) is 29.8 Å². The number of hydrogen-bond donors (Lipinski definition) is 1. The molecule has 1 aromatic rings. The molecule has 0 aliphatic rings. The number of nitrogens with two attached hydrogens (primary N) is 1. The summed E-state index contributed by atoms with van der Waals surface area (Å²) in [6.45, 7) is 7.79. The Morgan fingerprint density at radius 3 is 2.61 bits per heavy atom. The smallest absolute Gasteiger partial charge is 0.163 e. The zero-order valence-corrected chi connectivity index (χ0v) is 11.7. The normalized spacial score (nSPS) is 11.7. The minimum Gasteiger partial charge on any atom is -0.491 e. The summed E-state index contributed by atoms with van der Waals surface area (Å²) < 4.78 is 5.57. The Kier molecular flexibility index (Phi) is 4.91. The minimum absolute atomic E-state index is 0.110. The van der Waals surface area contributed by atoms with E-state index in [1.807, 2.05) is 45.9 Å². The van der Waals surface area contributed by atoms with E-state index in [4.69, 9.17) is 10.5 Å². The van der Waals surface area contributed by atoms with E-state index in [0.29, 0.717) is 18.4 Å². The number of rotatable bonds is 6. The van der Waals surface area contributed by atoms with Gasteiger partial charge in [-0.15, -0.1) is 0 Å². The van der Waals surface area contributed by atoms with Crippen LogP contribution in [0.3, 0.4) is 0 Å². The highest BCUT2D eigenvalue weighted by molar-refractivity contribution is 5.96. The molecule has 0 unspecified atom stereocenters. The van der Waals surface area contributed by atoms with Crippen LogP contribution >= 0.6 is 0 Å². The van der Waals surface area contributed by atoms with Gasteiger partial charge in [0.2, 0.25) is 0 Å². The highest BCUT2D eigenvalue weighted by atomic mass is 16.5. The van der Waals surface area contributed by atoms with Gasteiger partial charge in [0.1, 0.15) is 5.75 Å². The van der Waals surface area contributed by atoms with Crippen molar-refractivity contribution in [3.63, 3.8) is 0 Å². The van der Waals surface area contributed by atoms with Crippen LogP contribution in [0, 0.1) is 0 Å². The number of Topliss-reactive ketones (excluding diaryl/α,β-unsaturated/α-hetero) is 1. The van der Waals surface area contributed by atoms with Gasteiger partial charge >= 0.3 is 0 Å². The van der Waals surface area contributed by atoms with E-state index in [1.165, 1.54) is 0 Å². The van der Waals surface area contributed by atoms with Crippen molar-refractivity contribution in [2.45, 2.75) is 52.2 Å². The fourth-order valence-electron chi connectivity index (χ4n) is 1.60. The molecule has 3 heteroatoms. The number of hydrogen-bond acceptors (Lipinski definition) is 3. The topological polar surface area (TPSA) is 52.3 Å². The average molecular weight is 249 g/mol. The zero-order valence-electron chi connectivity index (χ0n) is 11.7. The predicted molar refractivity (Wildman–Crippen MR) is 74.0 cm³/mol. The Morgan fingerprint density at radius 1 is 1.39 bits per heavy atom. The molecular formula is C15H23NO2. The van der Waals surface area contributed by atoms with Gasteiger partial charge in [0.25, 0.3) is 0 Å². The Morgan fingerprint density at radius 2 is 2.06 bits per heavy atom. The van der Waals surface area contributed by atoms with Crippen molar-refractivity contribution in [1.82, 2.24) is 0 Å². The maximum atomic E-state index is 12.0. The molecule has 0 spiro atoms. The predicted octanol–water partition coefficient (Wildman–Crippen LogP) is 3.17. The second kappa shape index (κ2) is 6.01. The Bertz CT molecular complexity index is 405. The molecule has 0 fully saturated rings. The molecule has 0 heterocycles. The SMILES string of the molecule is CC(C)Oc1cccc(C(=O)CCC(C)(C)N)c1. The van der Waals surface area contributed by atoms with E-state index in [9.17, 15) is 4.79 Å². The summed E-state index contributed by atoms with van der Waals surface area (Å²) in [4.78, 5) is 12.0. The molecule has 1 aromatic carbocycles. The molecular weight excluding hydrogens is 226 g/mol. The molecule has 0 atom stereocenters. The molecule has 100 valence electrons. The first kappa shape index (κ1) is 14.7. The van der Waals surface area contributed by atoms with Gasteiger partial charge in [-0.3, -0.25) is 4.79 Å². The van der Waals surface area contributed by atoms with Gasteiger partial charge in [-0.2, -0.15) is 0 Å². The largest absolute Gasteiger partial charge is 0.491 e. The molecule has 0 bridgehead atoms. The number of carbonyl (C=O) groups is 1. The van der Waals surface area contributed by atoms with Crippen LogP contribution in [0.4, 0.5) is 0 Å². The summed E-state index contributed by atoms with van der Waals surface area (Å²) in [5.74, 6) is 0.852. The van der Waals surface area contributed by atoms with Crippen molar-refractivity contribution in [2.24, 2.45) is 5.73 Å². The van der Waals surface area contributed by atoms with Crippen molar-refractivity contribution < 1.29 is 9.53 Å². The summed E-state index contributed by atoms with van der Waals surface area (Å²) in [5, 5.41) is 0. The van der Waals surface area contributed by atoms with Crippen molar-refractivity contribution in [3.8, 4) is 5.75 Å². The molecule has 0 aliphatic carbocycles. The summed E-state index contributed by atoms with van der Waals surface area (Å²) in [6.07, 6.45) is 1.26. The molecule has 0 amide bonds. The highest BCUT2D eigenvalue weighted by Gasteiger charge is 2.14. The molecule has 3 nitrogen and oxygen atoms in total. The monoisotopic (exact) mass is 249 g/mol. The standard InChI is InChI=1S/C15H23NO2/c1-11(2)18-13-7-5-6-12(10-13)14(17)8-9-15(3,4)16/h5-7,10-11H,8-9,16H2,1-4H3. The molecule has 18 heavy (non-hydrogen) atoms. The highest BCUT2D eigenvalue weighted by Crippen LogP contribution is 2.18. The lowest BCUT2D eigenvalue weighted by molar-refractivity contribution is 0.0972. The lowest BCUT2D eigenvalue weighted by Gasteiger charge is -2.17. The van der Waals surface area contributed by atoms with Gasteiger partial charge in [0.15, 0.2) is 5.78 Å². The maximum absolute atomic E-state index is 12.0. The van der Waals surface area contributed by atoms with Gasteiger partial charge in [0.05, 0.1) is 6.10 Å². The van der Waals surface area contributed by atoms with Crippen LogP contribution in [-0.2, 0) is 0 Å². The second-order valence-corrected chi connectivity index (χ2v) is 5.61.